The van der Waals surface area contributed by atoms with Crippen LogP contribution in [-0.2, 0) is 13.1 Å². The van der Waals surface area contributed by atoms with Crippen LogP contribution in [0.5, 0.6) is 0 Å². The SMILES string of the molecule is CCn1ccc(CN(C)C(=O)c2ccc(C)c(C)c2)n1. The maximum atomic E-state index is 12.4. The molecule has 0 aliphatic heterocycles. The molecule has 0 bridgehead atoms. The fourth-order valence-corrected chi connectivity index (χ4v) is 2.07. The number of nitrogens with zero attached hydrogens (tertiary/aromatic N) is 3. The Morgan fingerprint density at radius 1 is 1.25 bits per heavy atom. The minimum Gasteiger partial charge on any atom is -0.336 e. The zero-order chi connectivity index (χ0) is 14.7. The van der Waals surface area contributed by atoms with E-state index in [1.807, 2.05) is 63.0 Å². The van der Waals surface area contributed by atoms with Gasteiger partial charge in [-0.05, 0) is 50.1 Å². The molecular formula is C16H21N3O. The smallest absolute Gasteiger partial charge is 0.253 e. The lowest BCUT2D eigenvalue weighted by molar-refractivity contribution is 0.0783. The maximum absolute atomic E-state index is 12.4. The lowest BCUT2D eigenvalue weighted by Gasteiger charge is -2.16. The molecule has 20 heavy (non-hydrogen) atoms. The van der Waals surface area contributed by atoms with E-state index in [1.165, 1.54) is 5.56 Å². The van der Waals surface area contributed by atoms with Gasteiger partial charge in [-0.25, -0.2) is 0 Å². The summed E-state index contributed by atoms with van der Waals surface area (Å²) in [6, 6.07) is 7.76. The molecule has 0 saturated heterocycles. The molecule has 0 unspecified atom stereocenters. The molecule has 4 nitrogen and oxygen atoms in total. The predicted molar refractivity (Wildman–Crippen MR) is 79.6 cm³/mol. The Kier molecular flexibility index (Phi) is 4.23. The van der Waals surface area contributed by atoms with Crippen molar-refractivity contribution in [1.82, 2.24) is 14.7 Å². The first-order valence-electron chi connectivity index (χ1n) is 6.86. The Morgan fingerprint density at radius 3 is 2.60 bits per heavy atom. The van der Waals surface area contributed by atoms with E-state index < -0.39 is 0 Å². The molecule has 0 N–H and O–H groups in total. The van der Waals surface area contributed by atoms with Gasteiger partial charge in [0.05, 0.1) is 12.2 Å². The summed E-state index contributed by atoms with van der Waals surface area (Å²) in [6.45, 7) is 7.48. The number of hydrogen-bond acceptors (Lipinski definition) is 2. The van der Waals surface area contributed by atoms with Crippen LogP contribution in [0.25, 0.3) is 0 Å². The first-order chi connectivity index (χ1) is 9.51. The molecule has 1 aromatic heterocycles. The third-order valence-corrected chi connectivity index (χ3v) is 3.52. The van der Waals surface area contributed by atoms with Crippen molar-refractivity contribution >= 4 is 5.91 Å². The van der Waals surface area contributed by atoms with Gasteiger partial charge in [0, 0.05) is 25.4 Å². The van der Waals surface area contributed by atoms with Gasteiger partial charge in [0.25, 0.3) is 5.91 Å². The van der Waals surface area contributed by atoms with Crippen LogP contribution in [0.1, 0.15) is 34.1 Å². The molecular weight excluding hydrogens is 250 g/mol. The van der Waals surface area contributed by atoms with E-state index in [4.69, 9.17) is 0 Å². The second-order valence-electron chi connectivity index (χ2n) is 5.12. The first-order valence-corrected chi connectivity index (χ1v) is 6.86. The number of carbonyl (C=O) groups excluding carboxylic acids is 1. The minimum atomic E-state index is 0.0270. The third-order valence-electron chi connectivity index (χ3n) is 3.52. The fourth-order valence-electron chi connectivity index (χ4n) is 2.07. The normalized spacial score (nSPS) is 10.6. The van der Waals surface area contributed by atoms with Crippen molar-refractivity contribution in [1.29, 1.82) is 0 Å². The summed E-state index contributed by atoms with van der Waals surface area (Å²) >= 11 is 0. The number of rotatable bonds is 4. The standard InChI is InChI=1S/C16H21N3O/c1-5-19-9-8-15(17-19)11-18(4)16(20)14-7-6-12(2)13(3)10-14/h6-10H,5,11H2,1-4H3. The highest BCUT2D eigenvalue weighted by Gasteiger charge is 2.13. The van der Waals surface area contributed by atoms with E-state index in [9.17, 15) is 4.79 Å². The summed E-state index contributed by atoms with van der Waals surface area (Å²) < 4.78 is 1.86. The zero-order valence-corrected chi connectivity index (χ0v) is 12.6. The second kappa shape index (κ2) is 5.90. The number of carbonyl (C=O) groups is 1. The van der Waals surface area contributed by atoms with E-state index in [0.717, 1.165) is 23.4 Å². The monoisotopic (exact) mass is 271 g/mol. The molecule has 4 heteroatoms. The van der Waals surface area contributed by atoms with Crippen LogP contribution in [0.2, 0.25) is 0 Å². The number of aryl methyl sites for hydroxylation is 3. The van der Waals surface area contributed by atoms with Gasteiger partial charge < -0.3 is 4.90 Å². The second-order valence-corrected chi connectivity index (χ2v) is 5.12. The van der Waals surface area contributed by atoms with Gasteiger partial charge in [-0.2, -0.15) is 5.10 Å². The summed E-state index contributed by atoms with van der Waals surface area (Å²) in [4.78, 5) is 14.1. The molecule has 0 saturated carbocycles. The van der Waals surface area contributed by atoms with Gasteiger partial charge in [0.15, 0.2) is 0 Å². The summed E-state index contributed by atoms with van der Waals surface area (Å²) in [5.41, 5.74) is 3.97. The number of benzene rings is 1. The number of amides is 1. The maximum Gasteiger partial charge on any atom is 0.253 e. The van der Waals surface area contributed by atoms with Crippen LogP contribution in [0.15, 0.2) is 30.5 Å². The Morgan fingerprint density at radius 2 is 2.00 bits per heavy atom. The van der Waals surface area contributed by atoms with Gasteiger partial charge in [-0.3, -0.25) is 9.48 Å². The van der Waals surface area contributed by atoms with Gasteiger partial charge in [0.2, 0.25) is 0 Å². The molecule has 1 heterocycles. The molecule has 106 valence electrons. The van der Waals surface area contributed by atoms with Crippen LogP contribution >= 0.6 is 0 Å². The van der Waals surface area contributed by atoms with Crippen molar-refractivity contribution in [2.75, 3.05) is 7.05 Å². The van der Waals surface area contributed by atoms with Gasteiger partial charge >= 0.3 is 0 Å². The molecule has 2 rings (SSSR count). The Bertz CT molecular complexity index is 616. The van der Waals surface area contributed by atoms with Crippen LogP contribution in [-0.4, -0.2) is 27.6 Å². The molecule has 0 aliphatic carbocycles. The molecule has 0 radical (unpaired) electrons. The average molecular weight is 271 g/mol. The number of aromatic nitrogens is 2. The van der Waals surface area contributed by atoms with Crippen LogP contribution in [0, 0.1) is 13.8 Å². The van der Waals surface area contributed by atoms with Gasteiger partial charge in [-0.15, -0.1) is 0 Å². The Balaban J connectivity index is 2.09. The summed E-state index contributed by atoms with van der Waals surface area (Å²) in [6.07, 6.45) is 1.93. The minimum absolute atomic E-state index is 0.0270. The summed E-state index contributed by atoms with van der Waals surface area (Å²) in [7, 11) is 1.81. The van der Waals surface area contributed by atoms with Crippen LogP contribution in [0.3, 0.4) is 0 Å². The molecule has 1 amide bonds. The third kappa shape index (κ3) is 3.07. The summed E-state index contributed by atoms with van der Waals surface area (Å²) in [5, 5.41) is 4.40. The lowest BCUT2D eigenvalue weighted by Crippen LogP contribution is -2.26. The molecule has 0 fully saturated rings. The van der Waals surface area contributed by atoms with E-state index in [0.29, 0.717) is 6.54 Å². The molecule has 0 atom stereocenters. The highest BCUT2D eigenvalue weighted by Crippen LogP contribution is 2.12. The van der Waals surface area contributed by atoms with Crippen molar-refractivity contribution < 1.29 is 4.79 Å². The Hall–Kier alpha value is -2.10. The molecule has 0 aliphatic rings. The predicted octanol–water partition coefficient (Wildman–Crippen LogP) is 2.79. The topological polar surface area (TPSA) is 38.1 Å². The highest BCUT2D eigenvalue weighted by atomic mass is 16.2. The van der Waals surface area contributed by atoms with Gasteiger partial charge in [-0.1, -0.05) is 6.07 Å². The molecule has 0 spiro atoms. The van der Waals surface area contributed by atoms with Gasteiger partial charge in [0.1, 0.15) is 0 Å². The number of hydrogen-bond donors (Lipinski definition) is 0. The van der Waals surface area contributed by atoms with Crippen LogP contribution in [0.4, 0.5) is 0 Å². The quantitative estimate of drug-likeness (QED) is 0.857. The summed E-state index contributed by atoms with van der Waals surface area (Å²) in [5.74, 6) is 0.0270. The Labute approximate surface area is 120 Å². The highest BCUT2D eigenvalue weighted by molar-refractivity contribution is 5.94. The van der Waals surface area contributed by atoms with E-state index in [-0.39, 0.29) is 5.91 Å². The molecule has 2 aromatic rings. The van der Waals surface area contributed by atoms with E-state index in [1.54, 1.807) is 4.90 Å². The largest absolute Gasteiger partial charge is 0.336 e. The van der Waals surface area contributed by atoms with Crippen molar-refractivity contribution in [2.45, 2.75) is 33.9 Å². The molecule has 1 aromatic carbocycles. The van der Waals surface area contributed by atoms with Crippen molar-refractivity contribution in [3.63, 3.8) is 0 Å². The van der Waals surface area contributed by atoms with E-state index >= 15 is 0 Å². The zero-order valence-electron chi connectivity index (χ0n) is 12.6. The van der Waals surface area contributed by atoms with Crippen molar-refractivity contribution in [2.24, 2.45) is 0 Å². The van der Waals surface area contributed by atoms with Crippen molar-refractivity contribution in [3.05, 3.63) is 52.8 Å². The van der Waals surface area contributed by atoms with E-state index in [2.05, 4.69) is 5.10 Å². The van der Waals surface area contributed by atoms with Crippen molar-refractivity contribution in [3.8, 4) is 0 Å². The van der Waals surface area contributed by atoms with Crippen LogP contribution < -0.4 is 0 Å². The average Bonchev–Trinajstić information content (AvgIpc) is 2.88. The lowest BCUT2D eigenvalue weighted by atomic mass is 10.1. The fraction of sp³-hybridized carbons (Fsp3) is 0.375. The first kappa shape index (κ1) is 14.3.